The minimum Gasteiger partial charge on any atom is -0.298 e. The summed E-state index contributed by atoms with van der Waals surface area (Å²) in [7, 11) is 0. The predicted octanol–water partition coefficient (Wildman–Crippen LogP) is 4.05. The highest BCUT2D eigenvalue weighted by atomic mass is 32.2. The lowest BCUT2D eigenvalue weighted by Crippen LogP contribution is -2.23. The van der Waals surface area contributed by atoms with Gasteiger partial charge in [0.25, 0.3) is 5.56 Å². The van der Waals surface area contributed by atoms with Gasteiger partial charge in [-0.25, -0.2) is 4.57 Å². The number of fused-ring (bicyclic) bond motifs is 3. The Morgan fingerprint density at radius 2 is 1.72 bits per heavy atom. The number of carbonyl (C=O) groups is 1. The summed E-state index contributed by atoms with van der Waals surface area (Å²) in [5.41, 5.74) is 1.90. The highest BCUT2D eigenvalue weighted by molar-refractivity contribution is 7.99. The summed E-state index contributed by atoms with van der Waals surface area (Å²) in [6.07, 6.45) is 0. The summed E-state index contributed by atoms with van der Waals surface area (Å²) in [5.74, 6) is 0.867. The molecule has 0 aliphatic rings. The highest BCUT2D eigenvalue weighted by Gasteiger charge is 2.23. The fraction of sp³-hybridized carbons (Fsp3) is 0.273. The van der Waals surface area contributed by atoms with E-state index in [1.807, 2.05) is 74.6 Å². The van der Waals surface area contributed by atoms with E-state index in [4.69, 9.17) is 0 Å². The summed E-state index contributed by atoms with van der Waals surface area (Å²) in [4.78, 5) is 25.7. The Morgan fingerprint density at radius 3 is 2.45 bits per heavy atom. The highest BCUT2D eigenvalue weighted by Crippen LogP contribution is 2.26. The Hall–Kier alpha value is -2.93. The van der Waals surface area contributed by atoms with Crippen molar-refractivity contribution in [3.05, 3.63) is 64.4 Å². The van der Waals surface area contributed by atoms with Crippen molar-refractivity contribution in [1.82, 2.24) is 19.2 Å². The number of benzene rings is 2. The van der Waals surface area contributed by atoms with Crippen LogP contribution in [0.1, 0.15) is 26.3 Å². The van der Waals surface area contributed by atoms with Crippen molar-refractivity contribution < 1.29 is 4.79 Å². The molecule has 148 valence electrons. The number of hydrogen-bond acceptors (Lipinski definition) is 5. The monoisotopic (exact) mass is 406 g/mol. The van der Waals surface area contributed by atoms with E-state index in [0.29, 0.717) is 22.1 Å². The summed E-state index contributed by atoms with van der Waals surface area (Å²) in [5, 5.41) is 9.82. The number of ketones is 1. The Labute approximate surface area is 172 Å². The van der Waals surface area contributed by atoms with Gasteiger partial charge in [-0.15, -0.1) is 10.2 Å². The number of aromatic nitrogens is 4. The first-order chi connectivity index (χ1) is 13.8. The van der Waals surface area contributed by atoms with Crippen molar-refractivity contribution in [2.24, 2.45) is 5.41 Å². The Morgan fingerprint density at radius 1 is 1.03 bits per heavy atom. The van der Waals surface area contributed by atoms with Crippen LogP contribution in [0.3, 0.4) is 0 Å². The molecule has 0 unspecified atom stereocenters. The van der Waals surface area contributed by atoms with Gasteiger partial charge in [-0.3, -0.25) is 14.0 Å². The smallest absolute Gasteiger partial charge is 0.267 e. The zero-order chi connectivity index (χ0) is 20.8. The lowest BCUT2D eigenvalue weighted by molar-refractivity contribution is -0.123. The molecular weight excluding hydrogens is 384 g/mol. The molecule has 2 aromatic carbocycles. The maximum Gasteiger partial charge on any atom is 0.267 e. The molecule has 4 aromatic rings. The molecule has 0 bridgehead atoms. The number of thioether (sulfide) groups is 1. The number of rotatable bonds is 4. The molecule has 0 saturated carbocycles. The molecule has 4 rings (SSSR count). The van der Waals surface area contributed by atoms with Crippen LogP contribution in [-0.2, 0) is 4.79 Å². The number of hydrogen-bond donors (Lipinski definition) is 0. The number of carbonyl (C=O) groups excluding carboxylic acids is 1. The third kappa shape index (κ3) is 3.35. The van der Waals surface area contributed by atoms with Crippen molar-refractivity contribution >= 4 is 34.2 Å². The lowest BCUT2D eigenvalue weighted by atomic mass is 9.92. The topological polar surface area (TPSA) is 69.3 Å². The summed E-state index contributed by atoms with van der Waals surface area (Å²) < 4.78 is 3.46. The normalized spacial score (nSPS) is 12.0. The van der Waals surface area contributed by atoms with Crippen molar-refractivity contribution in [2.75, 3.05) is 5.75 Å². The minimum absolute atomic E-state index is 0.135. The SMILES string of the molecule is Cc1ccccc1-n1c(=O)c2ccccc2n2c(SCC(=O)C(C)(C)C)nnc12. The zero-order valence-electron chi connectivity index (χ0n) is 16.8. The van der Waals surface area contributed by atoms with Gasteiger partial charge in [0, 0.05) is 5.41 Å². The van der Waals surface area contributed by atoms with Crippen molar-refractivity contribution in [2.45, 2.75) is 32.9 Å². The molecule has 7 heteroatoms. The van der Waals surface area contributed by atoms with Crippen molar-refractivity contribution in [3.63, 3.8) is 0 Å². The first-order valence-corrected chi connectivity index (χ1v) is 10.4. The average Bonchev–Trinajstić information content (AvgIpc) is 3.10. The first kappa shape index (κ1) is 19.4. The van der Waals surface area contributed by atoms with Crippen LogP contribution in [0, 0.1) is 12.3 Å². The molecule has 2 heterocycles. The van der Waals surface area contributed by atoms with Gasteiger partial charge in [0.15, 0.2) is 5.16 Å². The molecule has 0 spiro atoms. The van der Waals surface area contributed by atoms with E-state index in [-0.39, 0.29) is 11.3 Å². The van der Waals surface area contributed by atoms with Crippen LogP contribution in [-0.4, -0.2) is 30.7 Å². The second-order valence-corrected chi connectivity index (χ2v) is 8.97. The van der Waals surface area contributed by atoms with E-state index in [2.05, 4.69) is 10.2 Å². The average molecular weight is 407 g/mol. The van der Waals surface area contributed by atoms with Crippen LogP contribution in [0.25, 0.3) is 22.4 Å². The van der Waals surface area contributed by atoms with Gasteiger partial charge in [0.1, 0.15) is 5.78 Å². The van der Waals surface area contributed by atoms with Crippen LogP contribution in [0.2, 0.25) is 0 Å². The van der Waals surface area contributed by atoms with Crippen LogP contribution < -0.4 is 5.56 Å². The van der Waals surface area contributed by atoms with E-state index >= 15 is 0 Å². The fourth-order valence-corrected chi connectivity index (χ4v) is 4.25. The molecule has 0 N–H and O–H groups in total. The summed E-state index contributed by atoms with van der Waals surface area (Å²) in [6.45, 7) is 7.68. The molecule has 0 radical (unpaired) electrons. The maximum absolute atomic E-state index is 13.3. The van der Waals surface area contributed by atoms with E-state index < -0.39 is 5.41 Å². The second-order valence-electron chi connectivity index (χ2n) is 8.02. The fourth-order valence-electron chi connectivity index (χ4n) is 3.15. The van der Waals surface area contributed by atoms with E-state index in [1.165, 1.54) is 11.8 Å². The van der Waals surface area contributed by atoms with Crippen LogP contribution in [0.15, 0.2) is 58.5 Å². The molecule has 0 amide bonds. The zero-order valence-corrected chi connectivity index (χ0v) is 17.7. The van der Waals surface area contributed by atoms with E-state index in [9.17, 15) is 9.59 Å². The molecular formula is C22H22N4O2S. The standard InChI is InChI=1S/C22H22N4O2S/c1-14-9-5-7-11-16(14)25-19(28)15-10-6-8-12-17(15)26-20(25)23-24-21(26)29-13-18(27)22(2,3)4/h5-12H,13H2,1-4H3. The van der Waals surface area contributed by atoms with Gasteiger partial charge in [0.05, 0.1) is 22.3 Å². The second kappa shape index (κ2) is 7.15. The molecule has 0 aliphatic heterocycles. The van der Waals surface area contributed by atoms with Gasteiger partial charge in [-0.2, -0.15) is 0 Å². The van der Waals surface area contributed by atoms with Crippen molar-refractivity contribution in [1.29, 1.82) is 0 Å². The summed E-state index contributed by atoms with van der Waals surface area (Å²) >= 11 is 1.34. The van der Waals surface area contributed by atoms with Crippen LogP contribution >= 0.6 is 11.8 Å². The van der Waals surface area contributed by atoms with Gasteiger partial charge in [-0.05, 0) is 30.7 Å². The van der Waals surface area contributed by atoms with E-state index in [1.54, 1.807) is 10.6 Å². The first-order valence-electron chi connectivity index (χ1n) is 9.40. The third-order valence-electron chi connectivity index (χ3n) is 4.92. The van der Waals surface area contributed by atoms with Gasteiger partial charge in [0.2, 0.25) is 5.78 Å². The largest absolute Gasteiger partial charge is 0.298 e. The van der Waals surface area contributed by atoms with Crippen LogP contribution in [0.5, 0.6) is 0 Å². The molecule has 0 fully saturated rings. The van der Waals surface area contributed by atoms with Crippen molar-refractivity contribution in [3.8, 4) is 5.69 Å². The number of para-hydroxylation sites is 2. The Balaban J connectivity index is 1.97. The number of Topliss-reactive ketones (excluding diaryl/α,β-unsaturated/α-hetero) is 1. The number of aryl methyl sites for hydroxylation is 1. The predicted molar refractivity (Wildman–Crippen MR) is 116 cm³/mol. The maximum atomic E-state index is 13.3. The summed E-state index contributed by atoms with van der Waals surface area (Å²) in [6, 6.07) is 15.1. The van der Waals surface area contributed by atoms with Gasteiger partial charge in [-0.1, -0.05) is 62.9 Å². The molecule has 0 saturated heterocycles. The van der Waals surface area contributed by atoms with Gasteiger partial charge < -0.3 is 0 Å². The molecule has 2 aromatic heterocycles. The Kier molecular flexibility index (Phi) is 4.78. The van der Waals surface area contributed by atoms with E-state index in [0.717, 1.165) is 16.8 Å². The number of nitrogens with zero attached hydrogens (tertiary/aromatic N) is 4. The lowest BCUT2D eigenvalue weighted by Gasteiger charge is -2.16. The molecule has 29 heavy (non-hydrogen) atoms. The molecule has 0 atom stereocenters. The molecule has 6 nitrogen and oxygen atoms in total. The quantitative estimate of drug-likeness (QED) is 0.478. The Bertz CT molecular complexity index is 1300. The minimum atomic E-state index is -0.418. The van der Waals surface area contributed by atoms with Crippen LogP contribution in [0.4, 0.5) is 0 Å². The third-order valence-corrected chi connectivity index (χ3v) is 5.85. The van der Waals surface area contributed by atoms with Gasteiger partial charge >= 0.3 is 0 Å². The molecule has 0 aliphatic carbocycles.